The molecule has 2 N–H and O–H groups in total. The van der Waals surface area contributed by atoms with Crippen LogP contribution in [0.2, 0.25) is 0 Å². The zero-order valence-electron chi connectivity index (χ0n) is 10.1. The normalized spacial score (nSPS) is 10.5. The van der Waals surface area contributed by atoms with E-state index < -0.39 is 5.97 Å². The van der Waals surface area contributed by atoms with Gasteiger partial charge in [0.15, 0.2) is 11.5 Å². The predicted octanol–water partition coefficient (Wildman–Crippen LogP) is 2.82. The zero-order chi connectivity index (χ0) is 14.2. The Morgan fingerprint density at radius 3 is 2.68 bits per heavy atom. The van der Waals surface area contributed by atoms with Crippen molar-refractivity contribution in [2.45, 2.75) is 6.92 Å². The minimum Gasteiger partial charge on any atom is -0.504 e. The summed E-state index contributed by atoms with van der Waals surface area (Å²) in [5, 5.41) is 22.4. The fourth-order valence-electron chi connectivity index (χ4n) is 1.72. The molecule has 1 aromatic heterocycles. The highest BCUT2D eigenvalue weighted by Gasteiger charge is 2.21. The number of benzene rings is 1. The number of ether oxygens (including phenoxy) is 1. The van der Waals surface area contributed by atoms with Crippen LogP contribution in [0.3, 0.4) is 0 Å². The molecule has 0 aliphatic heterocycles. The molecule has 2 rings (SSSR count). The van der Waals surface area contributed by atoms with E-state index in [-0.39, 0.29) is 23.0 Å². The van der Waals surface area contributed by atoms with Gasteiger partial charge in [-0.25, -0.2) is 4.79 Å². The minimum absolute atomic E-state index is 0.0742. The van der Waals surface area contributed by atoms with Crippen molar-refractivity contribution in [3.63, 3.8) is 0 Å². The molecule has 0 fully saturated rings. The highest BCUT2D eigenvalue weighted by Crippen LogP contribution is 2.42. The molecule has 1 aromatic carbocycles. The quantitative estimate of drug-likeness (QED) is 0.900. The third kappa shape index (κ3) is 2.28. The lowest BCUT2D eigenvalue weighted by atomic mass is 10.0. The van der Waals surface area contributed by atoms with Gasteiger partial charge in [-0.2, -0.15) is 0 Å². The average Bonchev–Trinajstić information content (AvgIpc) is 2.82. The Kier molecular flexibility index (Phi) is 3.48. The van der Waals surface area contributed by atoms with Gasteiger partial charge >= 0.3 is 5.97 Å². The van der Waals surface area contributed by atoms with Crippen LogP contribution in [-0.4, -0.2) is 28.4 Å². The molecule has 19 heavy (non-hydrogen) atoms. The first-order valence-electron chi connectivity index (χ1n) is 5.22. The number of methoxy groups -OCH3 is 1. The standard InChI is InChI=1S/C12H10BrNO5/c1-5-6(13)3-8(15)11(18-2)10(5)7-4-9(12(16)17)19-14-7/h3-4,15H,1-2H3,(H,16,17). The molecule has 0 aliphatic carbocycles. The summed E-state index contributed by atoms with van der Waals surface area (Å²) in [4.78, 5) is 10.8. The second-order valence-electron chi connectivity index (χ2n) is 3.79. The van der Waals surface area contributed by atoms with E-state index in [2.05, 4.69) is 21.1 Å². The van der Waals surface area contributed by atoms with Crippen LogP contribution in [0.25, 0.3) is 11.3 Å². The minimum atomic E-state index is -1.21. The summed E-state index contributed by atoms with van der Waals surface area (Å²) < 4.78 is 10.5. The summed E-state index contributed by atoms with van der Waals surface area (Å²) in [6.45, 7) is 1.79. The Morgan fingerprint density at radius 2 is 2.16 bits per heavy atom. The molecule has 0 radical (unpaired) electrons. The summed E-state index contributed by atoms with van der Waals surface area (Å²) >= 11 is 3.30. The van der Waals surface area contributed by atoms with Crippen LogP contribution < -0.4 is 4.74 Å². The SMILES string of the molecule is COc1c(O)cc(Br)c(C)c1-c1cc(C(=O)O)on1. The maximum atomic E-state index is 10.8. The van der Waals surface area contributed by atoms with Gasteiger partial charge in [-0.15, -0.1) is 0 Å². The fourth-order valence-corrected chi connectivity index (χ4v) is 2.14. The number of carboxylic acids is 1. The summed E-state index contributed by atoms with van der Waals surface area (Å²) in [5.41, 5.74) is 1.51. The molecular weight excluding hydrogens is 318 g/mol. The molecule has 0 saturated heterocycles. The molecule has 0 spiro atoms. The fraction of sp³-hybridized carbons (Fsp3) is 0.167. The van der Waals surface area contributed by atoms with Gasteiger partial charge in [-0.3, -0.25) is 0 Å². The van der Waals surface area contributed by atoms with E-state index in [1.54, 1.807) is 6.92 Å². The third-order valence-electron chi connectivity index (χ3n) is 2.64. The number of halogens is 1. The number of rotatable bonds is 3. The lowest BCUT2D eigenvalue weighted by Gasteiger charge is -2.12. The third-order valence-corrected chi connectivity index (χ3v) is 3.46. The highest BCUT2D eigenvalue weighted by molar-refractivity contribution is 9.10. The van der Waals surface area contributed by atoms with Gasteiger partial charge in [0, 0.05) is 10.5 Å². The van der Waals surface area contributed by atoms with Gasteiger partial charge in [-0.05, 0) is 18.6 Å². The second-order valence-corrected chi connectivity index (χ2v) is 4.65. The van der Waals surface area contributed by atoms with Crippen LogP contribution in [0, 0.1) is 6.92 Å². The first-order valence-corrected chi connectivity index (χ1v) is 6.01. The van der Waals surface area contributed by atoms with Crippen molar-refractivity contribution in [2.75, 3.05) is 7.11 Å². The van der Waals surface area contributed by atoms with Crippen LogP contribution in [0.5, 0.6) is 11.5 Å². The number of nitrogens with zero attached hydrogens (tertiary/aromatic N) is 1. The summed E-state index contributed by atoms with van der Waals surface area (Å²) in [6, 6.07) is 2.77. The first-order chi connectivity index (χ1) is 8.95. The number of phenolic OH excluding ortho intramolecular Hbond substituents is 1. The molecule has 0 unspecified atom stereocenters. The molecule has 1 heterocycles. The van der Waals surface area contributed by atoms with Crippen LogP contribution in [0.4, 0.5) is 0 Å². The molecule has 0 aliphatic rings. The molecular formula is C12H10BrNO5. The van der Waals surface area contributed by atoms with Gasteiger partial charge in [0.1, 0.15) is 5.69 Å². The molecule has 0 atom stereocenters. The zero-order valence-corrected chi connectivity index (χ0v) is 11.7. The Balaban J connectivity index is 2.69. The molecule has 7 heteroatoms. The number of carboxylic acid groups (broad SMARTS) is 1. The molecule has 0 amide bonds. The van der Waals surface area contributed by atoms with E-state index in [0.717, 1.165) is 5.56 Å². The van der Waals surface area contributed by atoms with Gasteiger partial charge in [0.2, 0.25) is 5.76 Å². The van der Waals surface area contributed by atoms with Gasteiger partial charge in [-0.1, -0.05) is 21.1 Å². The number of aromatic hydroxyl groups is 1. The van der Waals surface area contributed by atoms with Crippen LogP contribution in [0.15, 0.2) is 21.1 Å². The Hall–Kier alpha value is -2.02. The van der Waals surface area contributed by atoms with E-state index in [4.69, 9.17) is 14.4 Å². The number of phenols is 1. The molecule has 0 bridgehead atoms. The summed E-state index contributed by atoms with van der Waals surface area (Å²) in [7, 11) is 1.41. The smallest absolute Gasteiger partial charge is 0.374 e. The number of aromatic carboxylic acids is 1. The van der Waals surface area contributed by atoms with Crippen molar-refractivity contribution in [3.05, 3.63) is 27.9 Å². The van der Waals surface area contributed by atoms with Crippen molar-refractivity contribution < 1.29 is 24.3 Å². The van der Waals surface area contributed by atoms with Crippen LogP contribution in [0.1, 0.15) is 16.1 Å². The lowest BCUT2D eigenvalue weighted by molar-refractivity contribution is 0.0652. The number of aromatic nitrogens is 1. The predicted molar refractivity (Wildman–Crippen MR) is 69.6 cm³/mol. The van der Waals surface area contributed by atoms with E-state index in [1.165, 1.54) is 19.2 Å². The summed E-state index contributed by atoms with van der Waals surface area (Å²) in [6.07, 6.45) is 0. The van der Waals surface area contributed by atoms with Crippen molar-refractivity contribution in [1.82, 2.24) is 5.16 Å². The lowest BCUT2D eigenvalue weighted by Crippen LogP contribution is -1.94. The van der Waals surface area contributed by atoms with Crippen LogP contribution >= 0.6 is 15.9 Å². The van der Waals surface area contributed by atoms with Gasteiger partial charge in [0.25, 0.3) is 0 Å². The number of hydrogen-bond donors (Lipinski definition) is 2. The first kappa shape index (κ1) is 13.4. The molecule has 6 nitrogen and oxygen atoms in total. The molecule has 0 saturated carbocycles. The van der Waals surface area contributed by atoms with Crippen molar-refractivity contribution >= 4 is 21.9 Å². The Labute approximate surface area is 116 Å². The molecule has 100 valence electrons. The number of hydrogen-bond acceptors (Lipinski definition) is 5. The molecule has 2 aromatic rings. The Morgan fingerprint density at radius 1 is 1.47 bits per heavy atom. The highest BCUT2D eigenvalue weighted by atomic mass is 79.9. The van der Waals surface area contributed by atoms with E-state index >= 15 is 0 Å². The Bertz CT molecular complexity index is 650. The maximum absolute atomic E-state index is 10.8. The van der Waals surface area contributed by atoms with Crippen molar-refractivity contribution in [1.29, 1.82) is 0 Å². The second kappa shape index (κ2) is 4.93. The average molecular weight is 328 g/mol. The summed E-state index contributed by atoms with van der Waals surface area (Å²) in [5.74, 6) is -1.36. The number of carbonyl (C=O) groups is 1. The van der Waals surface area contributed by atoms with Gasteiger partial charge < -0.3 is 19.5 Å². The topological polar surface area (TPSA) is 92.8 Å². The van der Waals surface area contributed by atoms with Crippen LogP contribution in [-0.2, 0) is 0 Å². The van der Waals surface area contributed by atoms with E-state index in [1.807, 2.05) is 0 Å². The largest absolute Gasteiger partial charge is 0.504 e. The van der Waals surface area contributed by atoms with Crippen molar-refractivity contribution in [3.8, 4) is 22.8 Å². The maximum Gasteiger partial charge on any atom is 0.374 e. The van der Waals surface area contributed by atoms with E-state index in [0.29, 0.717) is 10.0 Å². The van der Waals surface area contributed by atoms with Gasteiger partial charge in [0.05, 0.1) is 12.7 Å². The van der Waals surface area contributed by atoms with Crippen molar-refractivity contribution in [2.24, 2.45) is 0 Å². The monoisotopic (exact) mass is 327 g/mol. The van der Waals surface area contributed by atoms with E-state index in [9.17, 15) is 9.90 Å².